The first kappa shape index (κ1) is 20.5. The van der Waals surface area contributed by atoms with Gasteiger partial charge < -0.3 is 14.6 Å². The number of ether oxygens (including phenoxy) is 2. The monoisotopic (exact) mass is 390 g/mol. The van der Waals surface area contributed by atoms with Gasteiger partial charge in [0, 0.05) is 0 Å². The summed E-state index contributed by atoms with van der Waals surface area (Å²) in [5, 5.41) is 9.78. The van der Waals surface area contributed by atoms with E-state index in [1.165, 1.54) is 0 Å². The molecule has 4 nitrogen and oxygen atoms in total. The molecular weight excluding hydrogens is 364 g/mol. The summed E-state index contributed by atoms with van der Waals surface area (Å²) >= 11 is 0. The minimum atomic E-state index is -0.852. The van der Waals surface area contributed by atoms with Crippen molar-refractivity contribution in [2.24, 2.45) is 5.92 Å². The molecule has 3 rings (SSSR count). The quantitative estimate of drug-likeness (QED) is 0.492. The average molecular weight is 390 g/mol. The Labute approximate surface area is 171 Å². The molecule has 0 aliphatic heterocycles. The number of hydrogen-bond acceptors (Lipinski definition) is 3. The van der Waals surface area contributed by atoms with E-state index < -0.39 is 11.9 Å². The van der Waals surface area contributed by atoms with E-state index in [2.05, 4.69) is 13.8 Å². The summed E-state index contributed by atoms with van der Waals surface area (Å²) in [6, 6.07) is 24.4. The Bertz CT molecular complexity index is 917. The summed E-state index contributed by atoms with van der Waals surface area (Å²) in [6.45, 7) is 4.81. The zero-order valence-electron chi connectivity index (χ0n) is 16.7. The van der Waals surface area contributed by atoms with Crippen LogP contribution in [0, 0.1) is 5.92 Å². The number of para-hydroxylation sites is 1. The molecule has 4 heteroatoms. The molecule has 1 atom stereocenters. The van der Waals surface area contributed by atoms with Gasteiger partial charge in [0.05, 0.1) is 12.5 Å². The molecule has 1 unspecified atom stereocenters. The Morgan fingerprint density at radius 1 is 0.862 bits per heavy atom. The van der Waals surface area contributed by atoms with E-state index >= 15 is 0 Å². The Hall–Kier alpha value is -3.27. The van der Waals surface area contributed by atoms with Crippen molar-refractivity contribution in [3.8, 4) is 17.2 Å². The molecule has 0 heterocycles. The third kappa shape index (κ3) is 6.11. The molecule has 0 radical (unpaired) electrons. The first-order valence-corrected chi connectivity index (χ1v) is 9.78. The van der Waals surface area contributed by atoms with Crippen LogP contribution in [0.2, 0.25) is 0 Å². The van der Waals surface area contributed by atoms with E-state index in [0.717, 1.165) is 22.6 Å². The fraction of sp³-hybridized carbons (Fsp3) is 0.240. The van der Waals surface area contributed by atoms with Crippen molar-refractivity contribution in [1.29, 1.82) is 0 Å². The Kier molecular flexibility index (Phi) is 6.90. The highest BCUT2D eigenvalue weighted by molar-refractivity contribution is 5.76. The Balaban J connectivity index is 1.72. The van der Waals surface area contributed by atoms with Crippen molar-refractivity contribution in [2.45, 2.75) is 26.2 Å². The van der Waals surface area contributed by atoms with Gasteiger partial charge in [-0.25, -0.2) is 0 Å². The van der Waals surface area contributed by atoms with Crippen molar-refractivity contribution in [1.82, 2.24) is 0 Å². The van der Waals surface area contributed by atoms with Crippen LogP contribution in [0.15, 0.2) is 78.9 Å². The fourth-order valence-electron chi connectivity index (χ4n) is 3.00. The van der Waals surface area contributed by atoms with Gasteiger partial charge >= 0.3 is 5.97 Å². The van der Waals surface area contributed by atoms with Crippen LogP contribution in [0.4, 0.5) is 0 Å². The van der Waals surface area contributed by atoms with Crippen molar-refractivity contribution < 1.29 is 19.4 Å². The predicted molar refractivity (Wildman–Crippen MR) is 114 cm³/mol. The van der Waals surface area contributed by atoms with Crippen LogP contribution in [0.3, 0.4) is 0 Å². The van der Waals surface area contributed by atoms with Crippen molar-refractivity contribution in [2.75, 3.05) is 6.61 Å². The second kappa shape index (κ2) is 9.78. The molecule has 0 saturated carbocycles. The molecule has 0 bridgehead atoms. The standard InChI is InChI=1S/C25H26O4/c1-18(2)17-28-21-13-11-20(12-14-21)24(25(26)27)16-19-7-6-10-23(15-19)29-22-8-4-3-5-9-22/h3-15,18,24H,16-17H2,1-2H3,(H,26,27). The largest absolute Gasteiger partial charge is 0.493 e. The number of benzene rings is 3. The summed E-state index contributed by atoms with van der Waals surface area (Å²) in [7, 11) is 0. The van der Waals surface area contributed by atoms with E-state index in [1.807, 2.05) is 78.9 Å². The van der Waals surface area contributed by atoms with Gasteiger partial charge in [-0.2, -0.15) is 0 Å². The summed E-state index contributed by atoms with van der Waals surface area (Å²) < 4.78 is 11.6. The lowest BCUT2D eigenvalue weighted by Gasteiger charge is -2.15. The molecule has 29 heavy (non-hydrogen) atoms. The predicted octanol–water partition coefficient (Wildman–Crippen LogP) is 5.92. The minimum Gasteiger partial charge on any atom is -0.493 e. The number of aliphatic carboxylic acids is 1. The summed E-state index contributed by atoms with van der Waals surface area (Å²) in [5.74, 6) is 1.14. The highest BCUT2D eigenvalue weighted by Crippen LogP contribution is 2.27. The second-order valence-electron chi connectivity index (χ2n) is 7.43. The molecule has 3 aromatic rings. The second-order valence-corrected chi connectivity index (χ2v) is 7.43. The van der Waals surface area contributed by atoms with Gasteiger partial charge in [-0.05, 0) is 59.9 Å². The molecule has 0 aliphatic carbocycles. The van der Waals surface area contributed by atoms with E-state index in [1.54, 1.807) is 0 Å². The molecular formula is C25H26O4. The highest BCUT2D eigenvalue weighted by Gasteiger charge is 2.20. The van der Waals surface area contributed by atoms with E-state index in [4.69, 9.17) is 9.47 Å². The average Bonchev–Trinajstić information content (AvgIpc) is 2.72. The number of carbonyl (C=O) groups is 1. The third-order valence-corrected chi connectivity index (χ3v) is 4.48. The first-order valence-electron chi connectivity index (χ1n) is 9.78. The molecule has 150 valence electrons. The lowest BCUT2D eigenvalue weighted by molar-refractivity contribution is -0.138. The normalized spacial score (nSPS) is 11.8. The molecule has 0 spiro atoms. The lowest BCUT2D eigenvalue weighted by atomic mass is 9.92. The molecule has 0 aromatic heterocycles. The van der Waals surface area contributed by atoms with Crippen LogP contribution in [0.25, 0.3) is 0 Å². The number of carboxylic acids is 1. The molecule has 1 N–H and O–H groups in total. The summed E-state index contributed by atoms with van der Waals surface area (Å²) in [4.78, 5) is 11.9. The topological polar surface area (TPSA) is 55.8 Å². The lowest BCUT2D eigenvalue weighted by Crippen LogP contribution is -2.14. The van der Waals surface area contributed by atoms with Gasteiger partial charge in [0.15, 0.2) is 0 Å². The zero-order chi connectivity index (χ0) is 20.6. The number of rotatable bonds is 9. The first-order chi connectivity index (χ1) is 14.0. The molecule has 0 aliphatic rings. The Morgan fingerprint density at radius 3 is 2.21 bits per heavy atom. The Morgan fingerprint density at radius 2 is 1.55 bits per heavy atom. The maximum Gasteiger partial charge on any atom is 0.311 e. The van der Waals surface area contributed by atoms with Crippen LogP contribution in [-0.4, -0.2) is 17.7 Å². The molecule has 0 saturated heterocycles. The van der Waals surface area contributed by atoms with Gasteiger partial charge in [0.25, 0.3) is 0 Å². The summed E-state index contributed by atoms with van der Waals surface area (Å²) in [6.07, 6.45) is 0.382. The van der Waals surface area contributed by atoms with Crippen molar-refractivity contribution in [3.63, 3.8) is 0 Å². The van der Waals surface area contributed by atoms with Crippen molar-refractivity contribution in [3.05, 3.63) is 90.0 Å². The number of carboxylic acid groups (broad SMARTS) is 1. The molecule has 0 fully saturated rings. The van der Waals surface area contributed by atoms with E-state index in [-0.39, 0.29) is 0 Å². The number of hydrogen-bond donors (Lipinski definition) is 1. The van der Waals surface area contributed by atoms with Crippen LogP contribution < -0.4 is 9.47 Å². The van der Waals surface area contributed by atoms with Gasteiger partial charge in [-0.15, -0.1) is 0 Å². The highest BCUT2D eigenvalue weighted by atomic mass is 16.5. The van der Waals surface area contributed by atoms with Crippen molar-refractivity contribution >= 4 is 5.97 Å². The summed E-state index contributed by atoms with van der Waals surface area (Å²) in [5.41, 5.74) is 1.66. The maximum absolute atomic E-state index is 11.9. The van der Waals surface area contributed by atoms with Gasteiger partial charge in [-0.3, -0.25) is 4.79 Å². The van der Waals surface area contributed by atoms with E-state index in [0.29, 0.717) is 24.7 Å². The maximum atomic E-state index is 11.9. The van der Waals surface area contributed by atoms with Crippen LogP contribution in [0.1, 0.15) is 30.9 Å². The molecule has 3 aromatic carbocycles. The van der Waals surface area contributed by atoms with Crippen LogP contribution in [0.5, 0.6) is 17.2 Å². The SMILES string of the molecule is CC(C)COc1ccc(C(Cc2cccc(Oc3ccccc3)c2)C(=O)O)cc1. The fourth-order valence-corrected chi connectivity index (χ4v) is 3.00. The van der Waals surface area contributed by atoms with Crippen LogP contribution >= 0.6 is 0 Å². The smallest absolute Gasteiger partial charge is 0.311 e. The van der Waals surface area contributed by atoms with Crippen LogP contribution in [-0.2, 0) is 11.2 Å². The van der Waals surface area contributed by atoms with Gasteiger partial charge in [0.1, 0.15) is 17.2 Å². The van der Waals surface area contributed by atoms with Gasteiger partial charge in [0.2, 0.25) is 0 Å². The molecule has 0 amide bonds. The van der Waals surface area contributed by atoms with E-state index in [9.17, 15) is 9.90 Å². The zero-order valence-corrected chi connectivity index (χ0v) is 16.7. The third-order valence-electron chi connectivity index (χ3n) is 4.48. The minimum absolute atomic E-state index is 0.382. The van der Waals surface area contributed by atoms with Gasteiger partial charge in [-0.1, -0.05) is 56.3 Å².